The normalized spacial score (nSPS) is 41.2. The molecule has 0 aromatic carbocycles. The predicted molar refractivity (Wildman–Crippen MR) is 52.8 cm³/mol. The molecule has 4 N–H and O–H groups in total. The largest absolute Gasteiger partial charge is 0.330 e. The Bertz CT molecular complexity index is 165. The molecular weight excluding hydrogens is 148 g/mol. The molecule has 2 heteroatoms. The maximum absolute atomic E-state index is 6.12. The van der Waals surface area contributed by atoms with E-state index in [1.165, 1.54) is 12.8 Å². The third-order valence-electron chi connectivity index (χ3n) is 3.51. The standard InChI is InChI=1S/C10H22N2/c1-9(2)4-5-10(3,7-11)8(12)6-9/h8H,4-7,11-12H2,1-3H3. The summed E-state index contributed by atoms with van der Waals surface area (Å²) in [6, 6.07) is 0.284. The molecule has 12 heavy (non-hydrogen) atoms. The maximum atomic E-state index is 6.12. The fourth-order valence-electron chi connectivity index (χ4n) is 2.01. The second-order valence-corrected chi connectivity index (χ2v) is 5.33. The van der Waals surface area contributed by atoms with E-state index >= 15 is 0 Å². The zero-order chi connectivity index (χ0) is 9.41. The maximum Gasteiger partial charge on any atom is 0.0110 e. The second-order valence-electron chi connectivity index (χ2n) is 5.33. The van der Waals surface area contributed by atoms with Crippen LogP contribution in [0.3, 0.4) is 0 Å². The summed E-state index contributed by atoms with van der Waals surface area (Å²) in [4.78, 5) is 0. The van der Waals surface area contributed by atoms with E-state index in [-0.39, 0.29) is 11.5 Å². The quantitative estimate of drug-likeness (QED) is 0.626. The van der Waals surface area contributed by atoms with E-state index in [9.17, 15) is 0 Å². The van der Waals surface area contributed by atoms with Crippen LogP contribution in [0.1, 0.15) is 40.0 Å². The number of rotatable bonds is 1. The molecule has 0 heterocycles. The van der Waals surface area contributed by atoms with Gasteiger partial charge in [0.2, 0.25) is 0 Å². The molecule has 0 bridgehead atoms. The molecule has 1 aliphatic rings. The van der Waals surface area contributed by atoms with Crippen molar-refractivity contribution in [1.82, 2.24) is 0 Å². The Morgan fingerprint density at radius 2 is 1.83 bits per heavy atom. The summed E-state index contributed by atoms with van der Waals surface area (Å²) in [6.45, 7) is 7.53. The Morgan fingerprint density at radius 3 is 2.25 bits per heavy atom. The van der Waals surface area contributed by atoms with E-state index in [2.05, 4.69) is 20.8 Å². The van der Waals surface area contributed by atoms with Crippen LogP contribution in [-0.2, 0) is 0 Å². The SMILES string of the molecule is CC1(C)CCC(C)(CN)C(N)C1. The van der Waals surface area contributed by atoms with Gasteiger partial charge in [-0.1, -0.05) is 20.8 Å². The molecule has 0 aromatic heterocycles. The summed E-state index contributed by atoms with van der Waals surface area (Å²) in [5.74, 6) is 0. The van der Waals surface area contributed by atoms with E-state index in [4.69, 9.17) is 11.5 Å². The van der Waals surface area contributed by atoms with Crippen LogP contribution >= 0.6 is 0 Å². The van der Waals surface area contributed by atoms with Gasteiger partial charge in [0.15, 0.2) is 0 Å². The lowest BCUT2D eigenvalue weighted by Gasteiger charge is -2.45. The fourth-order valence-corrected chi connectivity index (χ4v) is 2.01. The highest BCUT2D eigenvalue weighted by molar-refractivity contribution is 4.95. The minimum atomic E-state index is 0.190. The molecule has 0 saturated heterocycles. The van der Waals surface area contributed by atoms with Gasteiger partial charge in [-0.25, -0.2) is 0 Å². The van der Waals surface area contributed by atoms with E-state index < -0.39 is 0 Å². The van der Waals surface area contributed by atoms with Gasteiger partial charge < -0.3 is 11.5 Å². The minimum Gasteiger partial charge on any atom is -0.330 e. The third kappa shape index (κ3) is 1.80. The summed E-state index contributed by atoms with van der Waals surface area (Å²) in [6.07, 6.45) is 3.55. The molecule has 0 radical (unpaired) electrons. The van der Waals surface area contributed by atoms with Crippen molar-refractivity contribution < 1.29 is 0 Å². The van der Waals surface area contributed by atoms with Crippen LogP contribution in [0.5, 0.6) is 0 Å². The molecule has 2 unspecified atom stereocenters. The topological polar surface area (TPSA) is 52.0 Å². The summed E-state index contributed by atoms with van der Waals surface area (Å²) in [5.41, 5.74) is 12.5. The van der Waals surface area contributed by atoms with Crippen LogP contribution in [-0.4, -0.2) is 12.6 Å². The molecule has 0 aliphatic heterocycles. The van der Waals surface area contributed by atoms with Crippen LogP contribution < -0.4 is 11.5 Å². The van der Waals surface area contributed by atoms with Gasteiger partial charge in [0, 0.05) is 6.04 Å². The zero-order valence-electron chi connectivity index (χ0n) is 8.56. The Kier molecular flexibility index (Phi) is 2.50. The Hall–Kier alpha value is -0.0800. The third-order valence-corrected chi connectivity index (χ3v) is 3.51. The van der Waals surface area contributed by atoms with Crippen molar-refractivity contribution >= 4 is 0 Å². The molecule has 72 valence electrons. The Labute approximate surface area is 75.7 Å². The van der Waals surface area contributed by atoms with Crippen molar-refractivity contribution in [2.45, 2.75) is 46.1 Å². The van der Waals surface area contributed by atoms with Crippen molar-refractivity contribution in [3.05, 3.63) is 0 Å². The van der Waals surface area contributed by atoms with Gasteiger partial charge >= 0.3 is 0 Å². The highest BCUT2D eigenvalue weighted by Crippen LogP contribution is 2.43. The van der Waals surface area contributed by atoms with E-state index in [0.717, 1.165) is 13.0 Å². The zero-order valence-corrected chi connectivity index (χ0v) is 8.56. The van der Waals surface area contributed by atoms with Gasteiger partial charge in [-0.15, -0.1) is 0 Å². The van der Waals surface area contributed by atoms with E-state index in [1.54, 1.807) is 0 Å². The lowest BCUT2D eigenvalue weighted by atomic mass is 9.63. The Morgan fingerprint density at radius 1 is 1.25 bits per heavy atom. The van der Waals surface area contributed by atoms with Crippen molar-refractivity contribution in [2.24, 2.45) is 22.3 Å². The first-order valence-electron chi connectivity index (χ1n) is 4.85. The number of hydrogen-bond donors (Lipinski definition) is 2. The first-order valence-corrected chi connectivity index (χ1v) is 4.85. The fraction of sp³-hybridized carbons (Fsp3) is 1.00. The molecular formula is C10H22N2. The van der Waals surface area contributed by atoms with Gasteiger partial charge in [0.25, 0.3) is 0 Å². The van der Waals surface area contributed by atoms with Gasteiger partial charge in [0.1, 0.15) is 0 Å². The molecule has 1 saturated carbocycles. The summed E-state index contributed by atoms with van der Waals surface area (Å²) < 4.78 is 0. The van der Waals surface area contributed by atoms with Crippen LogP contribution in [0, 0.1) is 10.8 Å². The molecule has 2 nitrogen and oxygen atoms in total. The van der Waals surface area contributed by atoms with Crippen LogP contribution in [0.15, 0.2) is 0 Å². The van der Waals surface area contributed by atoms with Crippen molar-refractivity contribution in [3.63, 3.8) is 0 Å². The lowest BCUT2D eigenvalue weighted by molar-refractivity contribution is 0.0956. The van der Waals surface area contributed by atoms with Crippen molar-refractivity contribution in [3.8, 4) is 0 Å². The minimum absolute atomic E-state index is 0.190. The summed E-state index contributed by atoms with van der Waals surface area (Å²) in [7, 11) is 0. The summed E-state index contributed by atoms with van der Waals surface area (Å²) >= 11 is 0. The first kappa shape index (κ1) is 10.0. The van der Waals surface area contributed by atoms with Crippen LogP contribution in [0.4, 0.5) is 0 Å². The second kappa shape index (κ2) is 3.00. The molecule has 1 rings (SSSR count). The molecule has 0 amide bonds. The number of hydrogen-bond acceptors (Lipinski definition) is 2. The molecule has 1 fully saturated rings. The van der Waals surface area contributed by atoms with Gasteiger partial charge in [-0.05, 0) is 36.6 Å². The smallest absolute Gasteiger partial charge is 0.0110 e. The highest BCUT2D eigenvalue weighted by Gasteiger charge is 2.39. The van der Waals surface area contributed by atoms with Gasteiger partial charge in [0.05, 0.1) is 0 Å². The van der Waals surface area contributed by atoms with Gasteiger partial charge in [-0.2, -0.15) is 0 Å². The lowest BCUT2D eigenvalue weighted by Crippen LogP contribution is -2.50. The molecule has 0 spiro atoms. The Balaban J connectivity index is 2.65. The van der Waals surface area contributed by atoms with Gasteiger partial charge in [-0.3, -0.25) is 0 Å². The van der Waals surface area contributed by atoms with E-state index in [1.807, 2.05) is 0 Å². The van der Waals surface area contributed by atoms with Crippen molar-refractivity contribution in [2.75, 3.05) is 6.54 Å². The van der Waals surface area contributed by atoms with Crippen LogP contribution in [0.25, 0.3) is 0 Å². The average Bonchev–Trinajstić information content (AvgIpc) is 1.97. The monoisotopic (exact) mass is 170 g/mol. The molecule has 2 atom stereocenters. The summed E-state index contributed by atoms with van der Waals surface area (Å²) in [5, 5.41) is 0. The first-order chi connectivity index (χ1) is 5.40. The average molecular weight is 170 g/mol. The predicted octanol–water partition coefficient (Wildman–Crippen LogP) is 1.49. The molecule has 0 aromatic rings. The van der Waals surface area contributed by atoms with Crippen LogP contribution in [0.2, 0.25) is 0 Å². The number of nitrogens with two attached hydrogens (primary N) is 2. The van der Waals surface area contributed by atoms with Crippen molar-refractivity contribution in [1.29, 1.82) is 0 Å². The van der Waals surface area contributed by atoms with E-state index in [0.29, 0.717) is 5.41 Å². The highest BCUT2D eigenvalue weighted by atomic mass is 14.8. The molecule has 1 aliphatic carbocycles.